The second-order valence-corrected chi connectivity index (χ2v) is 11.7. The van der Waals surface area contributed by atoms with E-state index in [-0.39, 0.29) is 4.90 Å². The molecule has 0 saturated carbocycles. The fourth-order valence-electron chi connectivity index (χ4n) is 4.24. The number of benzene rings is 2. The lowest BCUT2D eigenvalue weighted by Gasteiger charge is -2.31. The maximum absolute atomic E-state index is 13.0. The highest BCUT2D eigenvalue weighted by Crippen LogP contribution is 2.33. The molecule has 4 nitrogen and oxygen atoms in total. The van der Waals surface area contributed by atoms with Crippen LogP contribution >= 0.6 is 11.3 Å². The summed E-state index contributed by atoms with van der Waals surface area (Å²) in [6.45, 7) is 3.16. The summed E-state index contributed by atoms with van der Waals surface area (Å²) < 4.78 is 65.0. The normalized spacial score (nSPS) is 15.6. The molecule has 2 aromatic carbocycles. The Labute approximate surface area is 202 Å². The molecular weight excluding hydrogens is 481 g/mol. The van der Waals surface area contributed by atoms with E-state index >= 15 is 0 Å². The van der Waals surface area contributed by atoms with Crippen LogP contribution in [0.2, 0.25) is 0 Å². The van der Waals surface area contributed by atoms with Crippen molar-refractivity contribution in [3.63, 3.8) is 0 Å². The Balaban J connectivity index is 1.38. The second-order valence-electron chi connectivity index (χ2n) is 8.62. The number of thiazole rings is 1. The molecular formula is C25H27F3N2O2S2. The van der Waals surface area contributed by atoms with Gasteiger partial charge >= 0.3 is 6.18 Å². The third kappa shape index (κ3) is 5.63. The first-order valence-electron chi connectivity index (χ1n) is 11.3. The summed E-state index contributed by atoms with van der Waals surface area (Å²) in [4.78, 5) is 6.55. The van der Waals surface area contributed by atoms with E-state index in [1.54, 1.807) is 0 Å². The average molecular weight is 509 g/mol. The zero-order valence-corrected chi connectivity index (χ0v) is 20.5. The summed E-state index contributed by atoms with van der Waals surface area (Å²) in [6.07, 6.45) is -0.940. The minimum Gasteiger partial charge on any atom is -0.348 e. The van der Waals surface area contributed by atoms with Crippen LogP contribution in [-0.2, 0) is 28.9 Å². The molecule has 34 heavy (non-hydrogen) atoms. The van der Waals surface area contributed by atoms with Crippen molar-refractivity contribution in [2.45, 2.75) is 55.3 Å². The van der Waals surface area contributed by atoms with Crippen LogP contribution in [0.4, 0.5) is 18.3 Å². The predicted molar refractivity (Wildman–Crippen MR) is 129 cm³/mol. The average Bonchev–Trinajstić information content (AvgIpc) is 3.29. The van der Waals surface area contributed by atoms with E-state index in [4.69, 9.17) is 4.98 Å². The molecule has 0 spiro atoms. The van der Waals surface area contributed by atoms with Crippen LogP contribution in [0.3, 0.4) is 0 Å². The molecule has 0 bridgehead atoms. The third-order valence-corrected chi connectivity index (χ3v) is 9.34. The number of halogens is 3. The van der Waals surface area contributed by atoms with Crippen LogP contribution in [0.15, 0.2) is 58.8 Å². The van der Waals surface area contributed by atoms with Crippen LogP contribution < -0.4 is 4.90 Å². The fraction of sp³-hybridized carbons (Fsp3) is 0.400. The first kappa shape index (κ1) is 24.7. The van der Waals surface area contributed by atoms with Crippen molar-refractivity contribution in [1.82, 2.24) is 4.98 Å². The van der Waals surface area contributed by atoms with Crippen LogP contribution in [0.1, 0.15) is 48.6 Å². The highest BCUT2D eigenvalue weighted by molar-refractivity contribution is 7.92. The Morgan fingerprint density at radius 3 is 2.38 bits per heavy atom. The highest BCUT2D eigenvalue weighted by atomic mass is 32.2. The first-order chi connectivity index (χ1) is 16.2. The van der Waals surface area contributed by atoms with Crippen LogP contribution in [0, 0.1) is 0 Å². The quantitative estimate of drug-likeness (QED) is 0.384. The lowest BCUT2D eigenvalue weighted by atomic mass is 10.1. The Morgan fingerprint density at radius 1 is 1.06 bits per heavy atom. The van der Waals surface area contributed by atoms with Crippen molar-refractivity contribution in [2.75, 3.05) is 18.0 Å². The summed E-state index contributed by atoms with van der Waals surface area (Å²) in [5.41, 5.74) is 2.55. The van der Waals surface area contributed by atoms with Crippen molar-refractivity contribution in [1.29, 1.82) is 0 Å². The van der Waals surface area contributed by atoms with E-state index in [2.05, 4.69) is 36.1 Å². The Morgan fingerprint density at radius 2 is 1.74 bits per heavy atom. The molecule has 0 atom stereocenters. The fourth-order valence-corrected chi connectivity index (χ4v) is 6.90. The Bertz CT molecular complexity index is 1210. The lowest BCUT2D eigenvalue weighted by molar-refractivity contribution is -0.137. The van der Waals surface area contributed by atoms with Crippen molar-refractivity contribution in [3.8, 4) is 0 Å². The molecule has 0 unspecified atom stereocenters. The van der Waals surface area contributed by atoms with Gasteiger partial charge < -0.3 is 4.90 Å². The number of aromatic nitrogens is 1. The van der Waals surface area contributed by atoms with Crippen molar-refractivity contribution in [3.05, 3.63) is 76.3 Å². The molecule has 4 rings (SSSR count). The molecule has 182 valence electrons. The van der Waals surface area contributed by atoms with Gasteiger partial charge in [0.1, 0.15) is 0 Å². The van der Waals surface area contributed by atoms with Crippen LogP contribution in [-0.4, -0.2) is 31.7 Å². The van der Waals surface area contributed by atoms with Gasteiger partial charge in [0.05, 0.1) is 21.4 Å². The zero-order chi connectivity index (χ0) is 24.3. The molecule has 9 heteroatoms. The van der Waals surface area contributed by atoms with E-state index in [9.17, 15) is 21.6 Å². The number of alkyl halides is 3. The Hall–Kier alpha value is -2.39. The van der Waals surface area contributed by atoms with E-state index in [1.807, 2.05) is 5.38 Å². The number of anilines is 1. The number of nitrogens with zero attached hydrogens (tertiary/aromatic N) is 2. The summed E-state index contributed by atoms with van der Waals surface area (Å²) in [6, 6.07) is 12.6. The molecule has 2 heterocycles. The lowest BCUT2D eigenvalue weighted by Crippen LogP contribution is -2.39. The maximum Gasteiger partial charge on any atom is 0.416 e. The van der Waals surface area contributed by atoms with Gasteiger partial charge in [-0.1, -0.05) is 43.7 Å². The molecule has 0 aliphatic carbocycles. The molecule has 0 amide bonds. The largest absolute Gasteiger partial charge is 0.416 e. The number of sulfone groups is 1. The smallest absolute Gasteiger partial charge is 0.348 e. The number of rotatable bonds is 7. The van der Waals surface area contributed by atoms with E-state index in [1.165, 1.54) is 28.5 Å². The summed E-state index contributed by atoms with van der Waals surface area (Å²) in [5, 5.41) is 2.18. The predicted octanol–water partition coefficient (Wildman–Crippen LogP) is 6.15. The SMILES string of the molecule is CCCc1ccc(Cc2csc(N3CCC(S(=O)(=O)c4cccc(C(F)(F)F)c4)CC3)n2)cc1. The first-order valence-corrected chi connectivity index (χ1v) is 13.8. The summed E-state index contributed by atoms with van der Waals surface area (Å²) >= 11 is 1.54. The van der Waals surface area contributed by atoms with Gasteiger partial charge in [-0.25, -0.2) is 13.4 Å². The summed E-state index contributed by atoms with van der Waals surface area (Å²) in [5.74, 6) is 0. The molecule has 0 N–H and O–H groups in total. The molecule has 3 aromatic rings. The summed E-state index contributed by atoms with van der Waals surface area (Å²) in [7, 11) is -3.84. The number of aryl methyl sites for hydroxylation is 1. The minimum absolute atomic E-state index is 0.262. The number of hydrogen-bond donors (Lipinski definition) is 0. The van der Waals surface area contributed by atoms with Crippen molar-refractivity contribution in [2.24, 2.45) is 0 Å². The zero-order valence-electron chi connectivity index (χ0n) is 18.9. The minimum atomic E-state index is -4.57. The maximum atomic E-state index is 13.0. The Kier molecular flexibility index (Phi) is 7.33. The monoisotopic (exact) mass is 508 g/mol. The number of piperidine rings is 1. The molecule has 1 aliphatic rings. The van der Waals surface area contributed by atoms with Gasteiger partial charge in [-0.2, -0.15) is 13.2 Å². The van der Waals surface area contributed by atoms with Crippen LogP contribution in [0.5, 0.6) is 0 Å². The molecule has 1 saturated heterocycles. The van der Waals surface area contributed by atoms with Gasteiger partial charge in [0, 0.05) is 24.9 Å². The topological polar surface area (TPSA) is 50.3 Å². The van der Waals surface area contributed by atoms with Crippen molar-refractivity contribution >= 4 is 26.3 Å². The van der Waals surface area contributed by atoms with Gasteiger partial charge in [0.2, 0.25) is 0 Å². The molecule has 0 radical (unpaired) electrons. The van der Waals surface area contributed by atoms with E-state index < -0.39 is 26.8 Å². The number of hydrogen-bond acceptors (Lipinski definition) is 5. The second kappa shape index (κ2) is 10.1. The van der Waals surface area contributed by atoms with Gasteiger partial charge in [-0.05, 0) is 48.6 Å². The van der Waals surface area contributed by atoms with Gasteiger partial charge in [-0.3, -0.25) is 0 Å². The molecule has 1 aromatic heterocycles. The molecule has 1 fully saturated rings. The van der Waals surface area contributed by atoms with Gasteiger partial charge in [0.25, 0.3) is 0 Å². The van der Waals surface area contributed by atoms with Crippen LogP contribution in [0.25, 0.3) is 0 Å². The third-order valence-electron chi connectivity index (χ3n) is 6.13. The van der Waals surface area contributed by atoms with E-state index in [0.717, 1.165) is 48.3 Å². The van der Waals surface area contributed by atoms with Crippen molar-refractivity contribution < 1.29 is 21.6 Å². The molecule has 1 aliphatic heterocycles. The van der Waals surface area contributed by atoms with Gasteiger partial charge in [0.15, 0.2) is 15.0 Å². The standard InChI is InChI=1S/C25H27F3N2O2S2/c1-2-4-18-7-9-19(10-8-18)15-21-17-33-24(29-21)30-13-11-22(12-14-30)34(31,32)23-6-3-5-20(16-23)25(26,27)28/h3,5-10,16-17,22H,2,4,11-15H2,1H3. The van der Waals surface area contributed by atoms with E-state index in [0.29, 0.717) is 25.9 Å². The van der Waals surface area contributed by atoms with Gasteiger partial charge in [-0.15, -0.1) is 11.3 Å². The highest BCUT2D eigenvalue weighted by Gasteiger charge is 2.35.